The molecule has 0 aromatic rings. The summed E-state index contributed by atoms with van der Waals surface area (Å²) < 4.78 is 39.9. The Bertz CT molecular complexity index is 640. The lowest BCUT2D eigenvalue weighted by molar-refractivity contribution is -0.530. The molecule has 0 amide bonds. The van der Waals surface area contributed by atoms with Crippen LogP contribution in [-0.4, -0.2) is 158 Å². The number of hydrogen-bond acceptors (Lipinski definition) is 15. The van der Waals surface area contributed by atoms with Crippen molar-refractivity contribution in [2.75, 3.05) is 19.8 Å². The highest BCUT2D eigenvalue weighted by Crippen LogP contribution is 2.32. The Morgan fingerprint density at radius 2 is 1.03 bits per heavy atom. The molecule has 0 aromatic heterocycles. The quantitative estimate of drug-likeness (QED) is 0.156. The zero-order valence-corrected chi connectivity index (χ0v) is 17.6. The van der Waals surface area contributed by atoms with Gasteiger partial charge in [-0.1, -0.05) is 0 Å². The standard InChI is InChI=1S/C18H30FO15/c19-7-9(24)14(5(2-21)30-16(7)29)33-18-13(28)11(26)15(6(3-22)32-18)34-17-12(27)10(25)8(23)4(1-20)31-17/h4-18,20-28H,1-3H2/q-1/t4-,5-,6-,7-,8-,9-,10+,11-,12-,13-,14-,15-,16-,17+,18+/m1/s1. The van der Waals surface area contributed by atoms with E-state index in [1.807, 2.05) is 0 Å². The van der Waals surface area contributed by atoms with E-state index in [0.717, 1.165) is 0 Å². The first kappa shape index (κ1) is 27.9. The van der Waals surface area contributed by atoms with Crippen LogP contribution < -0.4 is 5.11 Å². The van der Waals surface area contributed by atoms with E-state index in [1.54, 1.807) is 0 Å². The molecular weight excluding hydrogens is 475 g/mol. The summed E-state index contributed by atoms with van der Waals surface area (Å²) in [7, 11) is 0. The number of halogens is 1. The van der Waals surface area contributed by atoms with Crippen LogP contribution in [0.25, 0.3) is 0 Å². The van der Waals surface area contributed by atoms with Crippen LogP contribution in [0.1, 0.15) is 0 Å². The number of ether oxygens (including phenoxy) is 5. The molecule has 200 valence electrons. The Kier molecular flexibility index (Phi) is 9.51. The van der Waals surface area contributed by atoms with Crippen molar-refractivity contribution in [1.29, 1.82) is 0 Å². The molecule has 0 aliphatic carbocycles. The second-order valence-electron chi connectivity index (χ2n) is 8.27. The Morgan fingerprint density at radius 1 is 0.588 bits per heavy atom. The predicted octanol–water partition coefficient (Wildman–Crippen LogP) is -7.23. The smallest absolute Gasteiger partial charge is 0.187 e. The number of alkyl halides is 1. The Hall–Kier alpha value is -0.670. The molecule has 34 heavy (non-hydrogen) atoms. The molecule has 3 rings (SSSR count). The molecule has 0 saturated carbocycles. The summed E-state index contributed by atoms with van der Waals surface area (Å²) in [4.78, 5) is 0. The van der Waals surface area contributed by atoms with Crippen LogP contribution in [0.4, 0.5) is 4.39 Å². The van der Waals surface area contributed by atoms with Crippen LogP contribution in [0.5, 0.6) is 0 Å². The van der Waals surface area contributed by atoms with E-state index in [-0.39, 0.29) is 0 Å². The Labute approximate surface area is 192 Å². The maximum absolute atomic E-state index is 13.9. The van der Waals surface area contributed by atoms with Gasteiger partial charge in [0.2, 0.25) is 0 Å². The van der Waals surface area contributed by atoms with Crippen LogP contribution in [0.15, 0.2) is 0 Å². The summed E-state index contributed by atoms with van der Waals surface area (Å²) in [6.45, 7) is -2.47. The van der Waals surface area contributed by atoms with Gasteiger partial charge in [-0.05, 0) is 0 Å². The van der Waals surface area contributed by atoms with Crippen LogP contribution in [-0.2, 0) is 23.7 Å². The van der Waals surface area contributed by atoms with Crippen molar-refractivity contribution in [1.82, 2.24) is 0 Å². The van der Waals surface area contributed by atoms with Gasteiger partial charge in [-0.25, -0.2) is 4.39 Å². The van der Waals surface area contributed by atoms with E-state index in [4.69, 9.17) is 23.7 Å². The molecule has 15 nitrogen and oxygen atoms in total. The van der Waals surface area contributed by atoms with E-state index in [0.29, 0.717) is 0 Å². The Morgan fingerprint density at radius 3 is 1.56 bits per heavy atom. The third kappa shape index (κ3) is 5.36. The van der Waals surface area contributed by atoms with Crippen molar-refractivity contribution in [3.63, 3.8) is 0 Å². The minimum Gasteiger partial charge on any atom is -0.829 e. The first-order valence-corrected chi connectivity index (χ1v) is 10.5. The van der Waals surface area contributed by atoms with Crippen molar-refractivity contribution >= 4 is 0 Å². The van der Waals surface area contributed by atoms with Crippen molar-refractivity contribution in [3.8, 4) is 0 Å². The Balaban J connectivity index is 1.72. The fourth-order valence-corrected chi connectivity index (χ4v) is 4.02. The van der Waals surface area contributed by atoms with Gasteiger partial charge in [0, 0.05) is 6.29 Å². The SMILES string of the molecule is [O-][C@@H]1O[C@H](CO)[C@@H](O[C@@H]2O[C@H](CO)[C@@H](O[C@@H]3O[C@H](CO)[C@@H](O)[C@H](O)[C@H]3O)[C@H](O)[C@H]2O)[C@H](O)[C@H]1F. The molecule has 0 aromatic carbocycles. The highest BCUT2D eigenvalue weighted by atomic mass is 19.1. The molecule has 0 radical (unpaired) electrons. The van der Waals surface area contributed by atoms with Crippen LogP contribution in [0, 0.1) is 0 Å². The molecule has 15 atom stereocenters. The molecule has 0 spiro atoms. The van der Waals surface area contributed by atoms with Gasteiger partial charge < -0.3 is 74.7 Å². The van der Waals surface area contributed by atoms with E-state index in [9.17, 15) is 55.5 Å². The molecular formula is C18H30FO15-. The number of aliphatic hydroxyl groups excluding tert-OH is 9. The lowest BCUT2D eigenvalue weighted by Crippen LogP contribution is -2.67. The molecule has 3 aliphatic rings. The zero-order chi connectivity index (χ0) is 25.3. The lowest BCUT2D eigenvalue weighted by Gasteiger charge is -2.48. The maximum atomic E-state index is 13.9. The van der Waals surface area contributed by atoms with Crippen LogP contribution in [0.2, 0.25) is 0 Å². The topological polar surface area (TPSA) is 251 Å². The second kappa shape index (κ2) is 11.6. The third-order valence-corrected chi connectivity index (χ3v) is 6.03. The zero-order valence-electron chi connectivity index (χ0n) is 17.6. The van der Waals surface area contributed by atoms with E-state index in [1.165, 1.54) is 0 Å². The largest absolute Gasteiger partial charge is 0.829 e. The van der Waals surface area contributed by atoms with Gasteiger partial charge in [-0.3, -0.25) is 0 Å². The van der Waals surface area contributed by atoms with Gasteiger partial charge in [0.15, 0.2) is 12.6 Å². The van der Waals surface area contributed by atoms with Crippen molar-refractivity contribution in [3.05, 3.63) is 0 Å². The summed E-state index contributed by atoms with van der Waals surface area (Å²) in [5, 5.41) is 101. The maximum Gasteiger partial charge on any atom is 0.187 e. The van der Waals surface area contributed by atoms with Crippen molar-refractivity contribution in [2.45, 2.75) is 92.2 Å². The van der Waals surface area contributed by atoms with Gasteiger partial charge in [-0.2, -0.15) is 0 Å². The first-order chi connectivity index (χ1) is 16.0. The van der Waals surface area contributed by atoms with Crippen molar-refractivity contribution < 1.29 is 79.1 Å². The van der Waals surface area contributed by atoms with E-state index < -0.39 is 112 Å². The molecule has 9 N–H and O–H groups in total. The molecule has 0 unspecified atom stereocenters. The molecule has 3 heterocycles. The number of aliphatic hydroxyl groups is 9. The van der Waals surface area contributed by atoms with Crippen molar-refractivity contribution in [2.24, 2.45) is 0 Å². The minimum absolute atomic E-state index is 0.756. The number of rotatable bonds is 7. The molecule has 0 bridgehead atoms. The summed E-state index contributed by atoms with van der Waals surface area (Å²) in [6, 6.07) is 0. The highest BCUT2D eigenvalue weighted by Gasteiger charge is 2.52. The first-order valence-electron chi connectivity index (χ1n) is 10.5. The highest BCUT2D eigenvalue weighted by molar-refractivity contribution is 4.96. The molecule has 3 aliphatic heterocycles. The monoisotopic (exact) mass is 505 g/mol. The summed E-state index contributed by atoms with van der Waals surface area (Å²) >= 11 is 0. The lowest BCUT2D eigenvalue weighted by atomic mass is 9.96. The molecule has 3 saturated heterocycles. The van der Waals surface area contributed by atoms with Gasteiger partial charge in [0.25, 0.3) is 0 Å². The summed E-state index contributed by atoms with van der Waals surface area (Å²) in [5.74, 6) is 0. The van der Waals surface area contributed by atoms with Gasteiger partial charge >= 0.3 is 0 Å². The number of hydrogen-bond donors (Lipinski definition) is 9. The predicted molar refractivity (Wildman–Crippen MR) is 97.9 cm³/mol. The minimum atomic E-state index is -2.44. The average Bonchev–Trinajstić information content (AvgIpc) is 2.83. The van der Waals surface area contributed by atoms with Crippen LogP contribution >= 0.6 is 0 Å². The van der Waals surface area contributed by atoms with Crippen LogP contribution in [0.3, 0.4) is 0 Å². The molecule has 3 fully saturated rings. The summed E-state index contributed by atoms with van der Waals surface area (Å²) in [6.07, 6.45) is -27.2. The average molecular weight is 505 g/mol. The van der Waals surface area contributed by atoms with E-state index >= 15 is 0 Å². The van der Waals surface area contributed by atoms with Gasteiger partial charge in [0.1, 0.15) is 73.3 Å². The van der Waals surface area contributed by atoms with E-state index in [2.05, 4.69) is 0 Å². The summed E-state index contributed by atoms with van der Waals surface area (Å²) in [5.41, 5.74) is 0. The third-order valence-electron chi connectivity index (χ3n) is 6.03. The van der Waals surface area contributed by atoms with Gasteiger partial charge in [-0.15, -0.1) is 0 Å². The normalized spacial score (nSPS) is 52.5. The van der Waals surface area contributed by atoms with Gasteiger partial charge in [0.05, 0.1) is 19.8 Å². The fraction of sp³-hybridized carbons (Fsp3) is 1.00. The second-order valence-corrected chi connectivity index (χ2v) is 8.27. The molecule has 16 heteroatoms. The fourth-order valence-electron chi connectivity index (χ4n) is 4.02.